The number of aliphatic hydroxyl groups excluding tert-OH is 1. The molecule has 0 aliphatic rings. The standard InChI is InChI=1S/C57H98O5/c1-3-5-7-9-11-13-15-17-19-21-23-25-27-28-30-32-34-36-38-40-42-44-46-48-50-52-57(60)62-55(53-58)54-61-56(59)51-49-47-45-43-41-39-37-35-33-31-29-26-24-22-20-18-16-14-12-10-8-6-4-2/h5,7,11,13,16-19,22-25,28,30,55,58H,3-4,6,8-10,12,14-15,20-21,26-27,29,31-54H2,1-2H3/b7-5-,13-11-,18-16-,19-17-,24-22-,25-23-,30-28-. The van der Waals surface area contributed by atoms with Gasteiger partial charge in [0.1, 0.15) is 6.61 Å². The zero-order valence-corrected chi connectivity index (χ0v) is 40.6. The van der Waals surface area contributed by atoms with Crippen molar-refractivity contribution < 1.29 is 24.2 Å². The first kappa shape index (κ1) is 59.1. The lowest BCUT2D eigenvalue weighted by Crippen LogP contribution is -2.28. The SMILES string of the molecule is CC/C=C\C/C=C\C/C=C\C/C=C\C/C=C\CCCCCCCCCCCC(=O)OC(CO)COC(=O)CCCCCCCCCCCCC/C=C\C/C=C\CCCCCCC. The Morgan fingerprint density at radius 2 is 0.694 bits per heavy atom. The summed E-state index contributed by atoms with van der Waals surface area (Å²) in [4.78, 5) is 24.5. The largest absolute Gasteiger partial charge is 0.462 e. The zero-order valence-electron chi connectivity index (χ0n) is 40.6. The van der Waals surface area contributed by atoms with Gasteiger partial charge >= 0.3 is 11.9 Å². The predicted molar refractivity (Wildman–Crippen MR) is 269 cm³/mol. The van der Waals surface area contributed by atoms with Crippen LogP contribution in [0.15, 0.2) is 85.1 Å². The number of ether oxygens (including phenoxy) is 2. The highest BCUT2D eigenvalue weighted by molar-refractivity contribution is 5.70. The molecule has 5 heteroatoms. The molecule has 356 valence electrons. The van der Waals surface area contributed by atoms with Gasteiger partial charge in [-0.1, -0.05) is 227 Å². The fourth-order valence-corrected chi connectivity index (χ4v) is 7.26. The highest BCUT2D eigenvalue weighted by atomic mass is 16.6. The van der Waals surface area contributed by atoms with Crippen molar-refractivity contribution >= 4 is 11.9 Å². The summed E-state index contributed by atoms with van der Waals surface area (Å²) in [5.41, 5.74) is 0. The molecule has 0 aromatic carbocycles. The van der Waals surface area contributed by atoms with Crippen LogP contribution in [0.5, 0.6) is 0 Å². The van der Waals surface area contributed by atoms with Gasteiger partial charge in [0.2, 0.25) is 0 Å². The van der Waals surface area contributed by atoms with E-state index in [1.54, 1.807) is 0 Å². The van der Waals surface area contributed by atoms with E-state index in [9.17, 15) is 14.7 Å². The van der Waals surface area contributed by atoms with Crippen molar-refractivity contribution in [2.75, 3.05) is 13.2 Å². The number of hydrogen-bond acceptors (Lipinski definition) is 5. The van der Waals surface area contributed by atoms with Crippen LogP contribution >= 0.6 is 0 Å². The molecular formula is C57H98O5. The van der Waals surface area contributed by atoms with E-state index in [1.165, 1.54) is 141 Å². The average molecular weight is 863 g/mol. The van der Waals surface area contributed by atoms with Crippen molar-refractivity contribution in [3.63, 3.8) is 0 Å². The number of rotatable bonds is 47. The summed E-state index contributed by atoms with van der Waals surface area (Å²) >= 11 is 0. The first-order valence-corrected chi connectivity index (χ1v) is 26.1. The van der Waals surface area contributed by atoms with Crippen molar-refractivity contribution in [2.45, 2.75) is 251 Å². The molecule has 62 heavy (non-hydrogen) atoms. The Kier molecular flexibility index (Phi) is 50.0. The van der Waals surface area contributed by atoms with Crippen LogP contribution in [0, 0.1) is 0 Å². The van der Waals surface area contributed by atoms with E-state index in [0.717, 1.165) is 77.0 Å². The first-order valence-electron chi connectivity index (χ1n) is 26.1. The molecule has 0 aromatic rings. The van der Waals surface area contributed by atoms with Crippen LogP contribution in [0.1, 0.15) is 245 Å². The monoisotopic (exact) mass is 863 g/mol. The van der Waals surface area contributed by atoms with Gasteiger partial charge in [0, 0.05) is 12.8 Å². The second-order valence-corrected chi connectivity index (χ2v) is 17.2. The van der Waals surface area contributed by atoms with Gasteiger partial charge in [-0.15, -0.1) is 0 Å². The van der Waals surface area contributed by atoms with Crippen molar-refractivity contribution in [1.82, 2.24) is 0 Å². The van der Waals surface area contributed by atoms with Gasteiger partial charge in [-0.05, 0) is 89.9 Å². The second-order valence-electron chi connectivity index (χ2n) is 17.2. The van der Waals surface area contributed by atoms with Crippen LogP contribution in [-0.2, 0) is 19.1 Å². The fraction of sp³-hybridized carbons (Fsp3) is 0.719. The number of carbonyl (C=O) groups is 2. The lowest BCUT2D eigenvalue weighted by Gasteiger charge is -2.15. The molecule has 0 aromatic heterocycles. The molecule has 0 saturated heterocycles. The summed E-state index contributed by atoms with van der Waals surface area (Å²) in [5.74, 6) is -0.599. The van der Waals surface area contributed by atoms with E-state index in [2.05, 4.69) is 98.9 Å². The molecule has 0 amide bonds. The third-order valence-corrected chi connectivity index (χ3v) is 11.2. The molecule has 0 heterocycles. The summed E-state index contributed by atoms with van der Waals surface area (Å²) in [7, 11) is 0. The quantitative estimate of drug-likeness (QED) is 0.0375. The maximum atomic E-state index is 12.3. The molecule has 0 radical (unpaired) electrons. The minimum absolute atomic E-state index is 0.0724. The lowest BCUT2D eigenvalue weighted by molar-refractivity contribution is -0.161. The fourth-order valence-electron chi connectivity index (χ4n) is 7.26. The molecule has 0 spiro atoms. The van der Waals surface area contributed by atoms with Gasteiger partial charge in [0.05, 0.1) is 6.61 Å². The van der Waals surface area contributed by atoms with Crippen molar-refractivity contribution in [2.24, 2.45) is 0 Å². The van der Waals surface area contributed by atoms with Crippen LogP contribution < -0.4 is 0 Å². The van der Waals surface area contributed by atoms with E-state index in [4.69, 9.17) is 9.47 Å². The Hall–Kier alpha value is -2.92. The smallest absolute Gasteiger partial charge is 0.306 e. The molecular weight excluding hydrogens is 765 g/mol. The van der Waals surface area contributed by atoms with E-state index >= 15 is 0 Å². The Morgan fingerprint density at radius 3 is 1.05 bits per heavy atom. The second kappa shape index (κ2) is 52.4. The third kappa shape index (κ3) is 49.7. The zero-order chi connectivity index (χ0) is 44.9. The molecule has 0 bridgehead atoms. The van der Waals surface area contributed by atoms with Crippen LogP contribution in [0.2, 0.25) is 0 Å². The Labute approximate surface area is 384 Å². The molecule has 1 atom stereocenters. The van der Waals surface area contributed by atoms with Crippen molar-refractivity contribution in [3.8, 4) is 0 Å². The summed E-state index contributed by atoms with van der Waals surface area (Å²) in [6.07, 6.45) is 72.4. The van der Waals surface area contributed by atoms with Crippen LogP contribution in [0.25, 0.3) is 0 Å². The molecule has 0 aliphatic carbocycles. The number of esters is 2. The Morgan fingerprint density at radius 1 is 0.387 bits per heavy atom. The summed E-state index contributed by atoms with van der Waals surface area (Å²) in [5, 5.41) is 9.64. The predicted octanol–water partition coefficient (Wildman–Crippen LogP) is 17.4. The average Bonchev–Trinajstić information content (AvgIpc) is 3.28. The van der Waals surface area contributed by atoms with Gasteiger partial charge in [0.15, 0.2) is 6.10 Å². The van der Waals surface area contributed by atoms with Gasteiger partial charge in [-0.3, -0.25) is 9.59 Å². The minimum Gasteiger partial charge on any atom is -0.462 e. The summed E-state index contributed by atoms with van der Waals surface area (Å²) < 4.78 is 10.7. The van der Waals surface area contributed by atoms with Crippen molar-refractivity contribution in [1.29, 1.82) is 0 Å². The molecule has 0 rings (SSSR count). The number of allylic oxidation sites excluding steroid dienone is 14. The molecule has 0 aliphatic heterocycles. The number of unbranched alkanes of at least 4 members (excludes halogenated alkanes) is 25. The highest BCUT2D eigenvalue weighted by Gasteiger charge is 2.16. The minimum atomic E-state index is -0.781. The van der Waals surface area contributed by atoms with E-state index < -0.39 is 6.10 Å². The van der Waals surface area contributed by atoms with Crippen LogP contribution in [0.3, 0.4) is 0 Å². The van der Waals surface area contributed by atoms with E-state index in [-0.39, 0.29) is 25.2 Å². The summed E-state index contributed by atoms with van der Waals surface area (Å²) in [6, 6.07) is 0. The first-order chi connectivity index (χ1) is 30.6. The molecule has 5 nitrogen and oxygen atoms in total. The van der Waals surface area contributed by atoms with Gasteiger partial charge in [-0.2, -0.15) is 0 Å². The maximum Gasteiger partial charge on any atom is 0.306 e. The normalized spacial score (nSPS) is 12.9. The van der Waals surface area contributed by atoms with E-state index in [1.807, 2.05) is 0 Å². The third-order valence-electron chi connectivity index (χ3n) is 11.2. The van der Waals surface area contributed by atoms with Crippen molar-refractivity contribution in [3.05, 3.63) is 85.1 Å². The van der Waals surface area contributed by atoms with E-state index in [0.29, 0.717) is 12.8 Å². The number of hydrogen-bond donors (Lipinski definition) is 1. The molecule has 0 saturated carbocycles. The Balaban J connectivity index is 3.54. The molecule has 1 unspecified atom stereocenters. The maximum absolute atomic E-state index is 12.3. The van der Waals surface area contributed by atoms with Gasteiger partial charge in [0.25, 0.3) is 0 Å². The Bertz CT molecular complexity index is 1160. The number of aliphatic hydroxyl groups is 1. The molecule has 1 N–H and O–H groups in total. The van der Waals surface area contributed by atoms with Crippen LogP contribution in [-0.4, -0.2) is 36.4 Å². The topological polar surface area (TPSA) is 72.8 Å². The van der Waals surface area contributed by atoms with Gasteiger partial charge < -0.3 is 14.6 Å². The van der Waals surface area contributed by atoms with Gasteiger partial charge in [-0.25, -0.2) is 0 Å². The summed E-state index contributed by atoms with van der Waals surface area (Å²) in [6.45, 7) is 4.02. The number of carbonyl (C=O) groups excluding carboxylic acids is 2. The molecule has 0 fully saturated rings. The van der Waals surface area contributed by atoms with Crippen LogP contribution in [0.4, 0.5) is 0 Å². The highest BCUT2D eigenvalue weighted by Crippen LogP contribution is 2.15. The lowest BCUT2D eigenvalue weighted by atomic mass is 10.0.